The second kappa shape index (κ2) is 10.1. The molecule has 0 aliphatic heterocycles. The van der Waals surface area contributed by atoms with Crippen LogP contribution < -0.4 is 20.1 Å². The molecular weight excluding hydrogens is 380 g/mol. The Bertz CT molecular complexity index is 1020. The maximum atomic E-state index is 12.8. The number of rotatable bonds is 8. The minimum absolute atomic E-state index is 0.247. The summed E-state index contributed by atoms with van der Waals surface area (Å²) < 4.78 is 10.5. The average molecular weight is 404 g/mol. The van der Waals surface area contributed by atoms with Gasteiger partial charge in [0.25, 0.3) is 11.8 Å². The van der Waals surface area contributed by atoms with E-state index in [0.717, 1.165) is 12.0 Å². The Labute approximate surface area is 175 Å². The largest absolute Gasteiger partial charge is 0.497 e. The SMILES string of the molecule is COc1ccc(C(=O)Nc2ccccc2C(=O)NCCc2ccccc2)c(OC)c1. The summed E-state index contributed by atoms with van der Waals surface area (Å²) in [6, 6.07) is 21.8. The standard InChI is InChI=1S/C24H24N2O4/c1-29-18-12-13-20(22(16-18)30-2)24(28)26-21-11-7-6-10-19(21)23(27)25-15-14-17-8-4-3-5-9-17/h3-13,16H,14-15H2,1-2H3,(H,25,27)(H,26,28). The molecule has 2 amide bonds. The number of carbonyl (C=O) groups excluding carboxylic acids is 2. The zero-order valence-electron chi connectivity index (χ0n) is 17.0. The first-order valence-corrected chi connectivity index (χ1v) is 9.57. The molecule has 30 heavy (non-hydrogen) atoms. The molecule has 0 fully saturated rings. The number of ether oxygens (including phenoxy) is 2. The van der Waals surface area contributed by atoms with Crippen LogP contribution in [0.25, 0.3) is 0 Å². The number of methoxy groups -OCH3 is 2. The van der Waals surface area contributed by atoms with Crippen molar-refractivity contribution < 1.29 is 19.1 Å². The van der Waals surface area contributed by atoms with Crippen molar-refractivity contribution in [1.82, 2.24) is 5.32 Å². The minimum atomic E-state index is -0.376. The monoisotopic (exact) mass is 404 g/mol. The molecule has 0 aliphatic carbocycles. The lowest BCUT2D eigenvalue weighted by molar-refractivity contribution is 0.0955. The number of carbonyl (C=O) groups is 2. The van der Waals surface area contributed by atoms with Crippen molar-refractivity contribution >= 4 is 17.5 Å². The predicted octanol–water partition coefficient (Wildman–Crippen LogP) is 3.93. The molecule has 0 aliphatic rings. The third-order valence-corrected chi connectivity index (χ3v) is 4.62. The number of benzene rings is 3. The molecule has 2 N–H and O–H groups in total. The van der Waals surface area contributed by atoms with E-state index >= 15 is 0 Å². The van der Waals surface area contributed by atoms with Crippen molar-refractivity contribution in [2.45, 2.75) is 6.42 Å². The lowest BCUT2D eigenvalue weighted by Gasteiger charge is -2.13. The van der Waals surface area contributed by atoms with E-state index in [1.165, 1.54) is 7.11 Å². The highest BCUT2D eigenvalue weighted by Crippen LogP contribution is 2.26. The Morgan fingerprint density at radius 1 is 0.800 bits per heavy atom. The predicted molar refractivity (Wildman–Crippen MR) is 116 cm³/mol. The Balaban J connectivity index is 1.70. The summed E-state index contributed by atoms with van der Waals surface area (Å²) in [5.74, 6) is 0.348. The van der Waals surface area contributed by atoms with Crippen molar-refractivity contribution in [2.75, 3.05) is 26.1 Å². The lowest BCUT2D eigenvalue weighted by atomic mass is 10.1. The molecule has 3 aromatic rings. The van der Waals surface area contributed by atoms with Gasteiger partial charge in [0.15, 0.2) is 0 Å². The van der Waals surface area contributed by atoms with Gasteiger partial charge in [-0.3, -0.25) is 9.59 Å². The van der Waals surface area contributed by atoms with Gasteiger partial charge in [-0.25, -0.2) is 0 Å². The molecule has 3 aromatic carbocycles. The van der Waals surface area contributed by atoms with Crippen molar-refractivity contribution in [1.29, 1.82) is 0 Å². The molecule has 154 valence electrons. The Hall–Kier alpha value is -3.80. The molecule has 0 heterocycles. The molecule has 0 saturated heterocycles. The highest BCUT2D eigenvalue weighted by atomic mass is 16.5. The van der Waals surface area contributed by atoms with Gasteiger partial charge in [-0.2, -0.15) is 0 Å². The van der Waals surface area contributed by atoms with Crippen LogP contribution in [0.15, 0.2) is 72.8 Å². The Kier molecular flexibility index (Phi) is 7.05. The zero-order valence-corrected chi connectivity index (χ0v) is 17.0. The third kappa shape index (κ3) is 5.17. The summed E-state index contributed by atoms with van der Waals surface area (Å²) in [6.07, 6.45) is 0.726. The molecule has 0 saturated carbocycles. The summed E-state index contributed by atoms with van der Waals surface area (Å²) in [5, 5.41) is 5.71. The molecule has 6 heteroatoms. The normalized spacial score (nSPS) is 10.2. The molecule has 0 spiro atoms. The van der Waals surface area contributed by atoms with Crippen LogP contribution >= 0.6 is 0 Å². The van der Waals surface area contributed by atoms with E-state index in [0.29, 0.717) is 34.9 Å². The van der Waals surface area contributed by atoms with Crippen molar-refractivity contribution in [2.24, 2.45) is 0 Å². The van der Waals surface area contributed by atoms with Crippen LogP contribution in [0, 0.1) is 0 Å². The van der Waals surface area contributed by atoms with Crippen LogP contribution in [0.3, 0.4) is 0 Å². The summed E-state index contributed by atoms with van der Waals surface area (Å²) in [4.78, 5) is 25.5. The number of para-hydroxylation sites is 1. The third-order valence-electron chi connectivity index (χ3n) is 4.62. The van der Waals surface area contributed by atoms with Crippen LogP contribution in [-0.4, -0.2) is 32.6 Å². The Morgan fingerprint density at radius 3 is 2.27 bits per heavy atom. The first-order chi connectivity index (χ1) is 14.6. The van der Waals surface area contributed by atoms with Crippen LogP contribution in [-0.2, 0) is 6.42 Å². The Morgan fingerprint density at radius 2 is 1.53 bits per heavy atom. The number of nitrogens with one attached hydrogen (secondary N) is 2. The maximum absolute atomic E-state index is 12.8. The lowest BCUT2D eigenvalue weighted by Crippen LogP contribution is -2.27. The number of anilines is 1. The highest BCUT2D eigenvalue weighted by Gasteiger charge is 2.17. The fourth-order valence-corrected chi connectivity index (χ4v) is 3.03. The fraction of sp³-hybridized carbons (Fsp3) is 0.167. The second-order valence-electron chi connectivity index (χ2n) is 6.56. The van der Waals surface area contributed by atoms with Gasteiger partial charge in [-0.15, -0.1) is 0 Å². The first kappa shape index (κ1) is 20.9. The van der Waals surface area contributed by atoms with Crippen molar-refractivity contribution in [3.8, 4) is 11.5 Å². The zero-order chi connectivity index (χ0) is 21.3. The summed E-state index contributed by atoms with van der Waals surface area (Å²) in [5.41, 5.74) is 2.31. The highest BCUT2D eigenvalue weighted by molar-refractivity contribution is 6.10. The summed E-state index contributed by atoms with van der Waals surface area (Å²) in [6.45, 7) is 0.497. The van der Waals surface area contributed by atoms with E-state index in [1.807, 2.05) is 30.3 Å². The van der Waals surface area contributed by atoms with E-state index in [4.69, 9.17) is 9.47 Å². The molecule has 6 nitrogen and oxygen atoms in total. The van der Waals surface area contributed by atoms with Gasteiger partial charge >= 0.3 is 0 Å². The first-order valence-electron chi connectivity index (χ1n) is 9.57. The van der Waals surface area contributed by atoms with Gasteiger partial charge in [0.05, 0.1) is 31.0 Å². The van der Waals surface area contributed by atoms with Crippen LogP contribution in [0.5, 0.6) is 11.5 Å². The number of hydrogen-bond acceptors (Lipinski definition) is 4. The molecule has 0 radical (unpaired) electrons. The molecule has 3 rings (SSSR count). The second-order valence-corrected chi connectivity index (χ2v) is 6.56. The van der Waals surface area contributed by atoms with Gasteiger partial charge in [-0.1, -0.05) is 42.5 Å². The maximum Gasteiger partial charge on any atom is 0.259 e. The molecule has 0 aromatic heterocycles. The van der Waals surface area contributed by atoms with Crippen molar-refractivity contribution in [3.05, 3.63) is 89.5 Å². The van der Waals surface area contributed by atoms with Gasteiger partial charge < -0.3 is 20.1 Å². The van der Waals surface area contributed by atoms with E-state index in [-0.39, 0.29) is 11.8 Å². The van der Waals surface area contributed by atoms with Crippen LogP contribution in [0.4, 0.5) is 5.69 Å². The van der Waals surface area contributed by atoms with E-state index < -0.39 is 0 Å². The van der Waals surface area contributed by atoms with E-state index in [1.54, 1.807) is 49.6 Å². The van der Waals surface area contributed by atoms with Gasteiger partial charge in [0.1, 0.15) is 11.5 Å². The number of amides is 2. The van der Waals surface area contributed by atoms with Crippen molar-refractivity contribution in [3.63, 3.8) is 0 Å². The molecule has 0 unspecified atom stereocenters. The van der Waals surface area contributed by atoms with Gasteiger partial charge in [0, 0.05) is 12.6 Å². The smallest absolute Gasteiger partial charge is 0.259 e. The van der Waals surface area contributed by atoms with Crippen LogP contribution in [0.1, 0.15) is 26.3 Å². The number of hydrogen-bond donors (Lipinski definition) is 2. The van der Waals surface area contributed by atoms with Crippen LogP contribution in [0.2, 0.25) is 0 Å². The quantitative estimate of drug-likeness (QED) is 0.596. The van der Waals surface area contributed by atoms with Gasteiger partial charge in [-0.05, 0) is 36.2 Å². The summed E-state index contributed by atoms with van der Waals surface area (Å²) in [7, 11) is 3.03. The average Bonchev–Trinajstić information content (AvgIpc) is 2.79. The minimum Gasteiger partial charge on any atom is -0.497 e. The summed E-state index contributed by atoms with van der Waals surface area (Å²) >= 11 is 0. The van der Waals surface area contributed by atoms with Gasteiger partial charge in [0.2, 0.25) is 0 Å². The van der Waals surface area contributed by atoms with E-state index in [9.17, 15) is 9.59 Å². The molecule has 0 atom stereocenters. The fourth-order valence-electron chi connectivity index (χ4n) is 3.03. The topological polar surface area (TPSA) is 76.7 Å². The van der Waals surface area contributed by atoms with E-state index in [2.05, 4.69) is 10.6 Å². The molecule has 0 bridgehead atoms. The molecular formula is C24H24N2O4.